The molecule has 1 unspecified atom stereocenters. The Morgan fingerprint density at radius 2 is 1.67 bits per heavy atom. The number of hydrogen-bond donors (Lipinski definition) is 4. The van der Waals surface area contributed by atoms with Crippen LogP contribution in [0.5, 0.6) is 0 Å². The Bertz CT molecular complexity index is 1420. The Balaban J connectivity index is 2.00. The van der Waals surface area contributed by atoms with Crippen LogP contribution in [0.3, 0.4) is 0 Å². The lowest BCUT2D eigenvalue weighted by Crippen LogP contribution is -2.56. The molecule has 0 aliphatic heterocycles. The lowest BCUT2D eigenvalue weighted by atomic mass is 9.96. The molecule has 0 aliphatic rings. The Morgan fingerprint density at radius 3 is 2.31 bits per heavy atom. The van der Waals surface area contributed by atoms with Gasteiger partial charge in [0.1, 0.15) is 18.1 Å². The second kappa shape index (κ2) is 13.8. The number of rotatable bonds is 13. The zero-order chi connectivity index (χ0) is 28.5. The summed E-state index contributed by atoms with van der Waals surface area (Å²) in [5, 5.41) is 15.1. The van der Waals surface area contributed by atoms with Crippen molar-refractivity contribution in [2.24, 2.45) is 5.92 Å². The number of carboxylic acids is 1. The number of nitrogens with zero attached hydrogens (tertiary/aromatic N) is 1. The summed E-state index contributed by atoms with van der Waals surface area (Å²) in [6, 6.07) is 12.0. The largest absolute Gasteiger partial charge is 0.480 e. The first kappa shape index (κ1) is 29.7. The van der Waals surface area contributed by atoms with Gasteiger partial charge in [-0.15, -0.1) is 0 Å². The van der Waals surface area contributed by atoms with Crippen LogP contribution in [0.25, 0.3) is 10.9 Å². The van der Waals surface area contributed by atoms with Crippen LogP contribution in [-0.4, -0.2) is 56.5 Å². The number of para-hydroxylation sites is 1. The van der Waals surface area contributed by atoms with Crippen molar-refractivity contribution < 1.29 is 19.5 Å². The Kier molecular flexibility index (Phi) is 10.5. The molecule has 208 valence electrons. The van der Waals surface area contributed by atoms with E-state index in [-0.39, 0.29) is 24.1 Å². The predicted molar refractivity (Wildman–Crippen MR) is 152 cm³/mol. The summed E-state index contributed by atoms with van der Waals surface area (Å²) in [6.07, 6.45) is 2.60. The molecule has 0 radical (unpaired) electrons. The Hall–Kier alpha value is -3.86. The van der Waals surface area contributed by atoms with Crippen molar-refractivity contribution in [1.82, 2.24) is 20.2 Å². The van der Waals surface area contributed by atoms with Crippen molar-refractivity contribution in [3.8, 4) is 0 Å². The first-order chi connectivity index (χ1) is 18.7. The average Bonchev–Trinajstić information content (AvgIpc) is 2.93. The van der Waals surface area contributed by atoms with E-state index >= 15 is 0 Å². The standard InChI is InChI=1S/C28H34N4O6S/c1-4-17(2)23(25(34)29-21(27(36)37)14-15-39-3)31-24(33)22(16-18-10-6-5-7-11-18)32-26(35)19-12-8-9-13-20(19)30-28(32)38/h5-13,17,21-23H,4,14-16H2,1-3H3,(H,29,34)(H,30,38)(H,31,33)(H,36,37)/t17?,21-,22+,23-/m0/s1. The highest BCUT2D eigenvalue weighted by Crippen LogP contribution is 2.16. The fourth-order valence-electron chi connectivity index (χ4n) is 4.30. The molecule has 39 heavy (non-hydrogen) atoms. The van der Waals surface area contributed by atoms with E-state index in [1.807, 2.05) is 19.2 Å². The summed E-state index contributed by atoms with van der Waals surface area (Å²) < 4.78 is 0.884. The van der Waals surface area contributed by atoms with Crippen LogP contribution in [0.15, 0.2) is 64.2 Å². The molecule has 2 amide bonds. The molecule has 10 nitrogen and oxygen atoms in total. The van der Waals surface area contributed by atoms with Crippen molar-refractivity contribution in [2.75, 3.05) is 12.0 Å². The topological polar surface area (TPSA) is 150 Å². The van der Waals surface area contributed by atoms with Crippen molar-refractivity contribution in [3.05, 3.63) is 81.0 Å². The summed E-state index contributed by atoms with van der Waals surface area (Å²) in [7, 11) is 0. The molecule has 0 fully saturated rings. The number of nitrogens with one attached hydrogen (secondary N) is 3. The molecule has 4 N–H and O–H groups in total. The van der Waals surface area contributed by atoms with Gasteiger partial charge in [0.05, 0.1) is 10.9 Å². The zero-order valence-electron chi connectivity index (χ0n) is 22.2. The molecule has 3 aromatic rings. The van der Waals surface area contributed by atoms with E-state index in [0.29, 0.717) is 23.3 Å². The van der Waals surface area contributed by atoms with Gasteiger partial charge in [-0.2, -0.15) is 11.8 Å². The average molecular weight is 555 g/mol. The lowest BCUT2D eigenvalue weighted by molar-refractivity contribution is -0.142. The minimum Gasteiger partial charge on any atom is -0.480 e. The molecule has 0 saturated heterocycles. The first-order valence-corrected chi connectivity index (χ1v) is 14.2. The lowest BCUT2D eigenvalue weighted by Gasteiger charge is -2.28. The van der Waals surface area contributed by atoms with Gasteiger partial charge in [-0.05, 0) is 42.0 Å². The molecule has 2 aromatic carbocycles. The van der Waals surface area contributed by atoms with Crippen molar-refractivity contribution in [3.63, 3.8) is 0 Å². The molecular weight excluding hydrogens is 520 g/mol. The summed E-state index contributed by atoms with van der Waals surface area (Å²) >= 11 is 1.46. The number of fused-ring (bicyclic) bond motifs is 1. The molecule has 0 saturated carbocycles. The number of carbonyl (C=O) groups excluding carboxylic acids is 2. The summed E-state index contributed by atoms with van der Waals surface area (Å²) in [5.74, 6) is -2.32. The summed E-state index contributed by atoms with van der Waals surface area (Å²) in [5.41, 5.74) is -0.311. The van der Waals surface area contributed by atoms with Crippen molar-refractivity contribution >= 4 is 40.4 Å². The van der Waals surface area contributed by atoms with Gasteiger partial charge in [-0.3, -0.25) is 14.4 Å². The Labute approximate surface area is 230 Å². The number of aromatic nitrogens is 2. The summed E-state index contributed by atoms with van der Waals surface area (Å²) in [4.78, 5) is 68.0. The number of aliphatic carboxylic acids is 1. The van der Waals surface area contributed by atoms with Crippen molar-refractivity contribution in [1.29, 1.82) is 0 Å². The molecule has 3 rings (SSSR count). The maximum absolute atomic E-state index is 13.8. The van der Waals surface area contributed by atoms with E-state index in [1.54, 1.807) is 55.5 Å². The number of amides is 2. The van der Waals surface area contributed by atoms with E-state index in [1.165, 1.54) is 11.8 Å². The van der Waals surface area contributed by atoms with Crippen LogP contribution in [0.2, 0.25) is 0 Å². The van der Waals surface area contributed by atoms with E-state index in [9.17, 15) is 29.1 Å². The van der Waals surface area contributed by atoms with Crippen molar-refractivity contribution in [2.45, 2.75) is 51.2 Å². The second-order valence-electron chi connectivity index (χ2n) is 9.41. The highest BCUT2D eigenvalue weighted by Gasteiger charge is 2.33. The van der Waals surface area contributed by atoms with Gasteiger partial charge < -0.3 is 20.7 Å². The molecule has 1 heterocycles. The number of H-pyrrole nitrogens is 1. The quantitative estimate of drug-likeness (QED) is 0.253. The maximum atomic E-state index is 13.8. The zero-order valence-corrected chi connectivity index (χ0v) is 23.0. The monoisotopic (exact) mass is 554 g/mol. The normalized spacial score (nSPS) is 14.2. The first-order valence-electron chi connectivity index (χ1n) is 12.8. The number of hydrogen-bond acceptors (Lipinski definition) is 6. The number of carbonyl (C=O) groups is 3. The SMILES string of the molecule is CCC(C)[C@H](NC(=O)[C@@H](Cc1ccccc1)n1c(=O)[nH]c2ccccc2c1=O)C(=O)N[C@@H](CCSC)C(=O)O. The van der Waals surface area contributed by atoms with Gasteiger partial charge in [0.15, 0.2) is 0 Å². The van der Waals surface area contributed by atoms with Gasteiger partial charge in [0, 0.05) is 6.42 Å². The number of carboxylic acid groups (broad SMARTS) is 1. The fraction of sp³-hybridized carbons (Fsp3) is 0.393. The van der Waals surface area contributed by atoms with Gasteiger partial charge in [0.25, 0.3) is 5.56 Å². The maximum Gasteiger partial charge on any atom is 0.329 e. The van der Waals surface area contributed by atoms with Crippen LogP contribution >= 0.6 is 11.8 Å². The molecule has 0 spiro atoms. The smallest absolute Gasteiger partial charge is 0.329 e. The van der Waals surface area contributed by atoms with Crippen LogP contribution < -0.4 is 21.9 Å². The third-order valence-electron chi connectivity index (χ3n) is 6.74. The predicted octanol–water partition coefficient (Wildman–Crippen LogP) is 2.33. The van der Waals surface area contributed by atoms with E-state index in [2.05, 4.69) is 15.6 Å². The molecule has 1 aromatic heterocycles. The Morgan fingerprint density at radius 1 is 1.00 bits per heavy atom. The van der Waals surface area contributed by atoms with Gasteiger partial charge >= 0.3 is 11.7 Å². The van der Waals surface area contributed by atoms with E-state index in [0.717, 1.165) is 4.57 Å². The van der Waals surface area contributed by atoms with Crippen LogP contribution in [-0.2, 0) is 20.8 Å². The highest BCUT2D eigenvalue weighted by molar-refractivity contribution is 7.98. The minimum absolute atomic E-state index is 0.0221. The van der Waals surface area contributed by atoms with Gasteiger partial charge in [0.2, 0.25) is 11.8 Å². The molecule has 11 heteroatoms. The highest BCUT2D eigenvalue weighted by atomic mass is 32.2. The number of benzene rings is 2. The fourth-order valence-corrected chi connectivity index (χ4v) is 4.78. The van der Waals surface area contributed by atoms with E-state index < -0.39 is 47.2 Å². The number of aromatic amines is 1. The third kappa shape index (κ3) is 7.38. The molecule has 0 bridgehead atoms. The minimum atomic E-state index is -1.26. The third-order valence-corrected chi connectivity index (χ3v) is 7.39. The molecule has 0 aliphatic carbocycles. The van der Waals surface area contributed by atoms with Crippen LogP contribution in [0, 0.1) is 5.92 Å². The van der Waals surface area contributed by atoms with Crippen LogP contribution in [0.1, 0.15) is 38.3 Å². The van der Waals surface area contributed by atoms with Gasteiger partial charge in [-0.1, -0.05) is 62.7 Å². The second-order valence-corrected chi connectivity index (χ2v) is 10.4. The molecular formula is C28H34N4O6S. The van der Waals surface area contributed by atoms with E-state index in [4.69, 9.17) is 0 Å². The molecule has 4 atom stereocenters. The number of thioether (sulfide) groups is 1. The van der Waals surface area contributed by atoms with Gasteiger partial charge in [-0.25, -0.2) is 14.2 Å². The van der Waals surface area contributed by atoms with Crippen LogP contribution in [0.4, 0.5) is 0 Å². The summed E-state index contributed by atoms with van der Waals surface area (Å²) in [6.45, 7) is 3.61.